The lowest BCUT2D eigenvalue weighted by Crippen LogP contribution is -2.51. The fraction of sp³-hybridized carbons (Fsp3) is 0.429. The van der Waals surface area contributed by atoms with Crippen LogP contribution in [0.5, 0.6) is 0 Å². The summed E-state index contributed by atoms with van der Waals surface area (Å²) in [7, 11) is 1.25. The van der Waals surface area contributed by atoms with Crippen molar-refractivity contribution in [3.8, 4) is 0 Å². The number of para-hydroxylation sites is 1. The van der Waals surface area contributed by atoms with Gasteiger partial charge in [-0.2, -0.15) is 0 Å². The number of hydrogen-bond donors (Lipinski definition) is 4. The molecule has 3 aromatic rings. The first-order chi connectivity index (χ1) is 22.5. The molecule has 4 N–H and O–H groups in total. The highest BCUT2D eigenvalue weighted by atomic mass is 127. The van der Waals surface area contributed by atoms with Crippen LogP contribution in [-0.4, -0.2) is 60.3 Å². The fourth-order valence-electron chi connectivity index (χ4n) is 5.08. The van der Waals surface area contributed by atoms with Crippen LogP contribution in [0.3, 0.4) is 0 Å². The monoisotopic (exact) mass is 757 g/mol. The van der Waals surface area contributed by atoms with Gasteiger partial charge in [0.05, 0.1) is 24.9 Å². The van der Waals surface area contributed by atoms with Crippen molar-refractivity contribution < 1.29 is 28.7 Å². The van der Waals surface area contributed by atoms with Crippen LogP contribution in [0.15, 0.2) is 60.8 Å². The third-order valence-electron chi connectivity index (χ3n) is 7.40. The summed E-state index contributed by atoms with van der Waals surface area (Å²) in [6.45, 7) is 3.53. The number of anilines is 1. The number of hydrogen-bond acceptors (Lipinski definition) is 7. The molecule has 252 valence electrons. The van der Waals surface area contributed by atoms with Crippen LogP contribution in [0.4, 0.5) is 5.69 Å². The summed E-state index contributed by atoms with van der Waals surface area (Å²) in [5.74, 6) is -1.81. The lowest BCUT2D eigenvalue weighted by atomic mass is 10.0. The highest BCUT2D eigenvalue weighted by Gasteiger charge is 2.25. The summed E-state index contributed by atoms with van der Waals surface area (Å²) >= 11 is 2.17. The van der Waals surface area contributed by atoms with Crippen LogP contribution in [-0.2, 0) is 35.1 Å². The van der Waals surface area contributed by atoms with Gasteiger partial charge in [0, 0.05) is 34.4 Å². The molecule has 0 saturated heterocycles. The minimum Gasteiger partial charge on any atom is -0.467 e. The molecule has 0 aliphatic carbocycles. The first kappa shape index (κ1) is 37.4. The Morgan fingerprint density at radius 1 is 0.830 bits per heavy atom. The summed E-state index contributed by atoms with van der Waals surface area (Å²) in [5.41, 5.74) is 2.30. The van der Waals surface area contributed by atoms with Crippen LogP contribution in [0.2, 0.25) is 0 Å². The number of rotatable bonds is 18. The molecular weight excluding hydrogens is 713 g/mol. The highest BCUT2D eigenvalue weighted by Crippen LogP contribution is 2.21. The average Bonchev–Trinajstić information content (AvgIpc) is 3.04. The van der Waals surface area contributed by atoms with Crippen molar-refractivity contribution in [3.05, 3.63) is 69.9 Å². The van der Waals surface area contributed by atoms with Gasteiger partial charge in [-0.25, -0.2) is 4.79 Å². The summed E-state index contributed by atoms with van der Waals surface area (Å²) in [6.07, 6.45) is 5.81. The van der Waals surface area contributed by atoms with Crippen LogP contribution >= 0.6 is 22.6 Å². The van der Waals surface area contributed by atoms with E-state index in [1.54, 1.807) is 6.20 Å². The molecule has 0 radical (unpaired) electrons. The molecule has 0 fully saturated rings. The van der Waals surface area contributed by atoms with Crippen LogP contribution < -0.4 is 21.3 Å². The predicted octanol–water partition coefficient (Wildman–Crippen LogP) is 4.67. The van der Waals surface area contributed by atoms with E-state index >= 15 is 0 Å². The first-order valence-corrected chi connectivity index (χ1v) is 17.0. The number of unbranched alkanes of at least 4 members (excludes halogenated alkanes) is 3. The number of esters is 1. The first-order valence-electron chi connectivity index (χ1n) is 15.9. The number of methoxy groups -OCH3 is 1. The summed E-state index contributed by atoms with van der Waals surface area (Å²) < 4.78 is 5.85. The molecular formula is C35H44IN5O6. The maximum absolute atomic E-state index is 13.0. The topological polar surface area (TPSA) is 156 Å². The van der Waals surface area contributed by atoms with Gasteiger partial charge in [0.1, 0.15) is 12.1 Å². The quantitative estimate of drug-likeness (QED) is 0.0836. The van der Waals surface area contributed by atoms with Crippen molar-refractivity contribution in [2.75, 3.05) is 19.0 Å². The van der Waals surface area contributed by atoms with Gasteiger partial charge in [-0.1, -0.05) is 57.0 Å². The van der Waals surface area contributed by atoms with E-state index < -0.39 is 29.9 Å². The Balaban J connectivity index is 1.38. The second kappa shape index (κ2) is 19.6. The van der Waals surface area contributed by atoms with Crippen molar-refractivity contribution in [3.63, 3.8) is 0 Å². The van der Waals surface area contributed by atoms with E-state index in [9.17, 15) is 24.0 Å². The summed E-state index contributed by atoms with van der Waals surface area (Å²) in [6, 6.07) is 15.3. The molecule has 12 heteroatoms. The predicted molar refractivity (Wildman–Crippen MR) is 189 cm³/mol. The number of amides is 4. The lowest BCUT2D eigenvalue weighted by molar-refractivity contribution is -0.145. The summed E-state index contributed by atoms with van der Waals surface area (Å²) in [5, 5.41) is 11.9. The minimum atomic E-state index is -0.912. The molecule has 1 aromatic heterocycles. The number of carbonyl (C=O) groups excluding carboxylic acids is 5. The molecule has 2 atom stereocenters. The van der Waals surface area contributed by atoms with Gasteiger partial charge in [0.25, 0.3) is 0 Å². The van der Waals surface area contributed by atoms with E-state index in [2.05, 4.69) is 48.8 Å². The molecule has 0 aliphatic heterocycles. The van der Waals surface area contributed by atoms with Gasteiger partial charge in [-0.15, -0.1) is 0 Å². The number of halogens is 1. The maximum Gasteiger partial charge on any atom is 0.328 e. The lowest BCUT2D eigenvalue weighted by Gasteiger charge is -2.21. The molecule has 47 heavy (non-hydrogen) atoms. The molecule has 0 bridgehead atoms. The molecule has 2 aromatic carbocycles. The molecule has 0 unspecified atom stereocenters. The van der Waals surface area contributed by atoms with Crippen LogP contribution in [0.1, 0.15) is 64.4 Å². The van der Waals surface area contributed by atoms with E-state index in [0.29, 0.717) is 31.4 Å². The third kappa shape index (κ3) is 13.3. The Morgan fingerprint density at radius 2 is 1.51 bits per heavy atom. The molecule has 11 nitrogen and oxygen atoms in total. The number of nitrogens with one attached hydrogen (secondary N) is 4. The minimum absolute atomic E-state index is 0.0797. The SMILES string of the molecule is COC(=O)[C@H](Cc1cccc(I)c1)NC(=O)CNC(=O)[C@H](CC(C)C)NC(=O)CCCCCCC(=O)Nc1cccc2cccnc12. The van der Waals surface area contributed by atoms with E-state index in [1.807, 2.05) is 68.4 Å². The number of aromatic nitrogens is 1. The molecule has 3 rings (SSSR count). The van der Waals surface area contributed by atoms with Crippen LogP contribution in [0, 0.1) is 9.49 Å². The van der Waals surface area contributed by atoms with Crippen molar-refractivity contribution in [2.24, 2.45) is 5.92 Å². The number of benzene rings is 2. The van der Waals surface area contributed by atoms with Crippen molar-refractivity contribution in [1.29, 1.82) is 0 Å². The largest absolute Gasteiger partial charge is 0.467 e. The Morgan fingerprint density at radius 3 is 2.21 bits per heavy atom. The van der Waals surface area contributed by atoms with E-state index in [0.717, 1.165) is 32.9 Å². The van der Waals surface area contributed by atoms with Crippen molar-refractivity contribution in [2.45, 2.75) is 77.3 Å². The second-order valence-electron chi connectivity index (χ2n) is 11.8. The number of carbonyl (C=O) groups is 5. The normalized spacial score (nSPS) is 12.2. The maximum atomic E-state index is 13.0. The zero-order valence-electron chi connectivity index (χ0n) is 27.1. The fourth-order valence-corrected chi connectivity index (χ4v) is 5.69. The smallest absolute Gasteiger partial charge is 0.328 e. The second-order valence-corrected chi connectivity index (χ2v) is 13.0. The zero-order chi connectivity index (χ0) is 34.2. The van der Waals surface area contributed by atoms with Gasteiger partial charge in [-0.05, 0) is 77.6 Å². The van der Waals surface area contributed by atoms with E-state index in [1.165, 1.54) is 7.11 Å². The third-order valence-corrected chi connectivity index (χ3v) is 8.07. The van der Waals surface area contributed by atoms with Gasteiger partial charge in [-0.3, -0.25) is 24.2 Å². The Labute approximate surface area is 289 Å². The standard InChI is InChI=1S/C35H44IN5O6/c1-23(2)19-28(34(45)38-22-32(44)41-29(35(46)47-3)21-24-11-8-14-26(36)20-24)40-31(43)17-7-5-4-6-16-30(42)39-27-15-9-12-25-13-10-18-37-33(25)27/h8-15,18,20,23,28-29H,4-7,16-17,19,21-22H2,1-3H3,(H,38,45)(H,39,42)(H,40,43)(H,41,44)/t28-,29-/m0/s1. The van der Waals surface area contributed by atoms with Gasteiger partial charge in [0.2, 0.25) is 23.6 Å². The average molecular weight is 758 g/mol. The van der Waals surface area contributed by atoms with E-state index in [4.69, 9.17) is 4.74 Å². The van der Waals surface area contributed by atoms with Gasteiger partial charge in [0.15, 0.2) is 0 Å². The van der Waals surface area contributed by atoms with Crippen LogP contribution in [0.25, 0.3) is 10.9 Å². The Bertz CT molecular complexity index is 1530. The number of nitrogens with zero attached hydrogens (tertiary/aromatic N) is 1. The van der Waals surface area contributed by atoms with Crippen molar-refractivity contribution in [1.82, 2.24) is 20.9 Å². The van der Waals surface area contributed by atoms with E-state index in [-0.39, 0.29) is 37.1 Å². The summed E-state index contributed by atoms with van der Waals surface area (Å²) in [4.78, 5) is 67.5. The Hall–Kier alpha value is -4.07. The molecule has 0 saturated carbocycles. The number of pyridine rings is 1. The van der Waals surface area contributed by atoms with Gasteiger partial charge >= 0.3 is 5.97 Å². The Kier molecular flexibility index (Phi) is 15.6. The number of fused-ring (bicyclic) bond motifs is 1. The van der Waals surface area contributed by atoms with Crippen molar-refractivity contribution >= 4 is 68.8 Å². The molecule has 1 heterocycles. The number of ether oxygens (including phenoxy) is 1. The molecule has 4 amide bonds. The molecule has 0 aliphatic rings. The zero-order valence-corrected chi connectivity index (χ0v) is 29.3. The molecule has 0 spiro atoms. The highest BCUT2D eigenvalue weighted by molar-refractivity contribution is 14.1. The van der Waals surface area contributed by atoms with Gasteiger partial charge < -0.3 is 26.0 Å².